The van der Waals surface area contributed by atoms with Crippen molar-refractivity contribution in [3.05, 3.63) is 23.9 Å². The normalized spacial score (nSPS) is 23.2. The zero-order chi connectivity index (χ0) is 9.10. The van der Waals surface area contributed by atoms with Crippen molar-refractivity contribution >= 4 is 5.78 Å². The highest BCUT2D eigenvalue weighted by atomic mass is 16.5. The largest absolute Gasteiger partial charge is 0.378 e. The number of hydrogen-bond acceptors (Lipinski definition) is 3. The van der Waals surface area contributed by atoms with Crippen LogP contribution in [0.15, 0.2) is 23.9 Å². The second kappa shape index (κ2) is 3.75. The number of hydrogen-bond donors (Lipinski definition) is 0. The number of carbonyl (C=O) groups is 1. The van der Waals surface area contributed by atoms with Crippen LogP contribution in [0.25, 0.3) is 0 Å². The predicted molar refractivity (Wildman–Crippen MR) is 49.2 cm³/mol. The summed E-state index contributed by atoms with van der Waals surface area (Å²) >= 11 is 0. The maximum Gasteiger partial charge on any atom is 0.161 e. The minimum absolute atomic E-state index is 0.198. The fourth-order valence-corrected chi connectivity index (χ4v) is 1.63. The third-order valence-corrected chi connectivity index (χ3v) is 2.34. The van der Waals surface area contributed by atoms with Crippen LogP contribution in [0.5, 0.6) is 0 Å². The Hall–Kier alpha value is -1.09. The number of ether oxygens (including phenoxy) is 1. The van der Waals surface area contributed by atoms with Gasteiger partial charge in [0.2, 0.25) is 0 Å². The van der Waals surface area contributed by atoms with E-state index in [-0.39, 0.29) is 5.78 Å². The molecule has 0 spiro atoms. The van der Waals surface area contributed by atoms with E-state index in [0.29, 0.717) is 6.42 Å². The summed E-state index contributed by atoms with van der Waals surface area (Å²) in [6.45, 7) is 3.37. The SMILES string of the molecule is O=C1C=CC=C(N2CCOCC2)C1. The summed E-state index contributed by atoms with van der Waals surface area (Å²) in [6.07, 6.45) is 6.03. The van der Waals surface area contributed by atoms with Crippen LogP contribution in [0.1, 0.15) is 6.42 Å². The molecule has 2 rings (SSSR count). The summed E-state index contributed by atoms with van der Waals surface area (Å²) in [6, 6.07) is 0. The van der Waals surface area contributed by atoms with Gasteiger partial charge in [0.1, 0.15) is 0 Å². The van der Waals surface area contributed by atoms with Gasteiger partial charge in [0, 0.05) is 18.8 Å². The first-order valence-corrected chi connectivity index (χ1v) is 4.59. The summed E-state index contributed by atoms with van der Waals surface area (Å²) in [5.74, 6) is 0.198. The third-order valence-electron chi connectivity index (χ3n) is 2.34. The lowest BCUT2D eigenvalue weighted by Gasteiger charge is -2.31. The van der Waals surface area contributed by atoms with E-state index in [4.69, 9.17) is 4.74 Å². The average Bonchev–Trinajstić information content (AvgIpc) is 2.19. The molecule has 0 aromatic rings. The van der Waals surface area contributed by atoms with Crippen LogP contribution in [0.2, 0.25) is 0 Å². The van der Waals surface area contributed by atoms with E-state index in [1.165, 1.54) is 0 Å². The summed E-state index contributed by atoms with van der Waals surface area (Å²) in [5.41, 5.74) is 1.14. The summed E-state index contributed by atoms with van der Waals surface area (Å²) < 4.78 is 5.25. The number of ketones is 1. The smallest absolute Gasteiger partial charge is 0.161 e. The van der Waals surface area contributed by atoms with Crippen LogP contribution in [0, 0.1) is 0 Å². The number of morpholine rings is 1. The molecule has 0 radical (unpaired) electrons. The molecule has 1 aliphatic carbocycles. The summed E-state index contributed by atoms with van der Waals surface area (Å²) in [4.78, 5) is 13.4. The molecular formula is C10H13NO2. The van der Waals surface area contributed by atoms with E-state index in [1.54, 1.807) is 6.08 Å². The molecule has 3 nitrogen and oxygen atoms in total. The van der Waals surface area contributed by atoms with Gasteiger partial charge in [-0.25, -0.2) is 0 Å². The molecule has 0 atom stereocenters. The first kappa shape index (κ1) is 8.51. The third kappa shape index (κ3) is 1.98. The highest BCUT2D eigenvalue weighted by molar-refractivity contribution is 5.92. The van der Waals surface area contributed by atoms with Crippen LogP contribution >= 0.6 is 0 Å². The van der Waals surface area contributed by atoms with Crippen molar-refractivity contribution in [3.8, 4) is 0 Å². The van der Waals surface area contributed by atoms with Crippen molar-refractivity contribution in [2.24, 2.45) is 0 Å². The summed E-state index contributed by atoms with van der Waals surface area (Å²) in [5, 5.41) is 0. The highest BCUT2D eigenvalue weighted by Gasteiger charge is 2.16. The number of rotatable bonds is 1. The molecule has 1 aliphatic heterocycles. The lowest BCUT2D eigenvalue weighted by molar-refractivity contribution is -0.114. The maximum atomic E-state index is 11.1. The molecule has 1 saturated heterocycles. The molecule has 0 bridgehead atoms. The molecule has 0 N–H and O–H groups in total. The van der Waals surface area contributed by atoms with Crippen molar-refractivity contribution in [2.45, 2.75) is 6.42 Å². The van der Waals surface area contributed by atoms with Gasteiger partial charge in [0.15, 0.2) is 5.78 Å². The Morgan fingerprint density at radius 1 is 1.31 bits per heavy atom. The molecule has 3 heteroatoms. The van der Waals surface area contributed by atoms with Gasteiger partial charge < -0.3 is 9.64 Å². The predicted octanol–water partition coefficient (Wildman–Crippen LogP) is 0.731. The van der Waals surface area contributed by atoms with E-state index in [2.05, 4.69) is 4.90 Å². The molecule has 13 heavy (non-hydrogen) atoms. The molecule has 0 saturated carbocycles. The molecule has 2 aliphatic rings. The Morgan fingerprint density at radius 3 is 2.77 bits per heavy atom. The van der Waals surface area contributed by atoms with Crippen LogP contribution in [-0.2, 0) is 9.53 Å². The Kier molecular flexibility index (Phi) is 2.45. The van der Waals surface area contributed by atoms with Gasteiger partial charge in [-0.05, 0) is 12.2 Å². The molecule has 0 unspecified atom stereocenters. The van der Waals surface area contributed by atoms with Gasteiger partial charge >= 0.3 is 0 Å². The van der Waals surface area contributed by atoms with Crippen LogP contribution < -0.4 is 0 Å². The highest BCUT2D eigenvalue weighted by Crippen LogP contribution is 2.15. The topological polar surface area (TPSA) is 29.5 Å². The first-order valence-electron chi connectivity index (χ1n) is 4.59. The number of carbonyl (C=O) groups excluding carboxylic acids is 1. The fraction of sp³-hybridized carbons (Fsp3) is 0.500. The number of allylic oxidation sites excluding steroid dienone is 4. The molecule has 1 fully saturated rings. The van der Waals surface area contributed by atoms with Gasteiger partial charge in [0.05, 0.1) is 19.6 Å². The van der Waals surface area contributed by atoms with Crippen LogP contribution in [-0.4, -0.2) is 37.0 Å². The zero-order valence-corrected chi connectivity index (χ0v) is 7.53. The second-order valence-corrected chi connectivity index (χ2v) is 3.26. The zero-order valence-electron chi connectivity index (χ0n) is 7.53. The van der Waals surface area contributed by atoms with Crippen molar-refractivity contribution in [1.82, 2.24) is 4.90 Å². The Bertz CT molecular complexity index is 262. The van der Waals surface area contributed by atoms with E-state index in [9.17, 15) is 4.79 Å². The Labute approximate surface area is 77.7 Å². The van der Waals surface area contributed by atoms with Gasteiger partial charge in [0.25, 0.3) is 0 Å². The van der Waals surface area contributed by atoms with E-state index in [0.717, 1.165) is 32.0 Å². The lowest BCUT2D eigenvalue weighted by atomic mass is 10.1. The van der Waals surface area contributed by atoms with Gasteiger partial charge in [-0.1, -0.05) is 6.08 Å². The Balaban J connectivity index is 2.02. The monoisotopic (exact) mass is 179 g/mol. The van der Waals surface area contributed by atoms with Crippen molar-refractivity contribution < 1.29 is 9.53 Å². The maximum absolute atomic E-state index is 11.1. The molecule has 70 valence electrons. The first-order chi connectivity index (χ1) is 6.36. The van der Waals surface area contributed by atoms with Gasteiger partial charge in [-0.3, -0.25) is 4.79 Å². The molecule has 0 aromatic carbocycles. The van der Waals surface area contributed by atoms with E-state index >= 15 is 0 Å². The van der Waals surface area contributed by atoms with E-state index in [1.807, 2.05) is 12.2 Å². The quantitative estimate of drug-likeness (QED) is 0.594. The Morgan fingerprint density at radius 2 is 2.08 bits per heavy atom. The second-order valence-electron chi connectivity index (χ2n) is 3.26. The molecular weight excluding hydrogens is 166 g/mol. The minimum Gasteiger partial charge on any atom is -0.378 e. The molecule has 1 heterocycles. The number of nitrogens with zero attached hydrogens (tertiary/aromatic N) is 1. The van der Waals surface area contributed by atoms with Gasteiger partial charge in [-0.15, -0.1) is 0 Å². The van der Waals surface area contributed by atoms with E-state index < -0.39 is 0 Å². The fourth-order valence-electron chi connectivity index (χ4n) is 1.63. The standard InChI is InChI=1S/C10H13NO2/c12-10-3-1-2-9(8-10)11-4-6-13-7-5-11/h1-3H,4-8H2. The minimum atomic E-state index is 0.198. The molecule has 0 amide bonds. The lowest BCUT2D eigenvalue weighted by Crippen LogP contribution is -2.36. The van der Waals surface area contributed by atoms with Crippen molar-refractivity contribution in [1.29, 1.82) is 0 Å². The molecule has 0 aromatic heterocycles. The van der Waals surface area contributed by atoms with Gasteiger partial charge in [-0.2, -0.15) is 0 Å². The summed E-state index contributed by atoms with van der Waals surface area (Å²) in [7, 11) is 0. The average molecular weight is 179 g/mol. The van der Waals surface area contributed by atoms with Crippen LogP contribution in [0.4, 0.5) is 0 Å². The van der Waals surface area contributed by atoms with Crippen molar-refractivity contribution in [3.63, 3.8) is 0 Å². The van der Waals surface area contributed by atoms with Crippen LogP contribution in [0.3, 0.4) is 0 Å². The van der Waals surface area contributed by atoms with Crippen molar-refractivity contribution in [2.75, 3.05) is 26.3 Å².